The molecule has 2 rings (SSSR count). The van der Waals surface area contributed by atoms with Gasteiger partial charge in [-0.3, -0.25) is 4.79 Å². The van der Waals surface area contributed by atoms with Crippen LogP contribution in [0.3, 0.4) is 0 Å². The van der Waals surface area contributed by atoms with Crippen LogP contribution in [0.1, 0.15) is 11.1 Å². The van der Waals surface area contributed by atoms with Crippen molar-refractivity contribution in [3.05, 3.63) is 58.1 Å². The molecule has 0 aliphatic heterocycles. The first kappa shape index (κ1) is 20.8. The molecule has 28 heavy (non-hydrogen) atoms. The number of carboxylic acids is 1. The van der Waals surface area contributed by atoms with Crippen molar-refractivity contribution in [3.8, 4) is 17.6 Å². The number of aryl methyl sites for hydroxylation is 1. The topological polar surface area (TPSA) is 111 Å². The number of methoxy groups -OCH3 is 1. The van der Waals surface area contributed by atoms with E-state index in [1.807, 2.05) is 19.1 Å². The largest absolute Gasteiger partial charge is 0.546 e. The Kier molecular flexibility index (Phi) is 7.02. The maximum Gasteiger partial charge on any atom is 0.266 e. The average molecular weight is 400 g/mol. The lowest BCUT2D eigenvalue weighted by atomic mass is 10.1. The van der Waals surface area contributed by atoms with Crippen LogP contribution in [0.4, 0.5) is 5.69 Å². The number of carbonyl (C=O) groups excluding carboxylic acids is 2. The standard InChI is InChI=1S/C20H17ClN2O5/c1-12-4-3-5-15(6-12)23-20(26)14(10-22)7-13-8-16(21)19(17(9-13)27-2)28-11-18(24)25/h3-9H,11H2,1-2H3,(H,23,26)(H,24,25)/p-1/b14-7+. The van der Waals surface area contributed by atoms with Crippen molar-refractivity contribution in [2.24, 2.45) is 0 Å². The fourth-order valence-corrected chi connectivity index (χ4v) is 2.60. The van der Waals surface area contributed by atoms with Gasteiger partial charge in [0.1, 0.15) is 18.2 Å². The second-order valence-corrected chi connectivity index (χ2v) is 6.10. The third kappa shape index (κ3) is 5.50. The number of amides is 1. The Morgan fingerprint density at radius 1 is 1.32 bits per heavy atom. The molecule has 0 heterocycles. The highest BCUT2D eigenvalue weighted by Gasteiger charge is 2.14. The van der Waals surface area contributed by atoms with Crippen LogP contribution in [0.2, 0.25) is 5.02 Å². The summed E-state index contributed by atoms with van der Waals surface area (Å²) >= 11 is 6.12. The first-order valence-electron chi connectivity index (χ1n) is 8.04. The predicted octanol–water partition coefficient (Wildman–Crippen LogP) is 2.33. The number of carboxylic acid groups (broad SMARTS) is 1. The van der Waals surface area contributed by atoms with Gasteiger partial charge in [-0.15, -0.1) is 0 Å². The molecule has 0 aliphatic carbocycles. The number of benzene rings is 2. The first-order valence-corrected chi connectivity index (χ1v) is 8.42. The van der Waals surface area contributed by atoms with E-state index in [1.165, 1.54) is 25.3 Å². The highest BCUT2D eigenvalue weighted by atomic mass is 35.5. The Morgan fingerprint density at radius 2 is 2.07 bits per heavy atom. The van der Waals surface area contributed by atoms with Gasteiger partial charge >= 0.3 is 0 Å². The molecule has 0 saturated heterocycles. The molecular formula is C20H16ClN2O5-. The van der Waals surface area contributed by atoms with Crippen LogP contribution in [0.5, 0.6) is 11.5 Å². The quantitative estimate of drug-likeness (QED) is 0.565. The van der Waals surface area contributed by atoms with Gasteiger partial charge in [0.2, 0.25) is 0 Å². The highest BCUT2D eigenvalue weighted by Crippen LogP contribution is 2.37. The Balaban J connectivity index is 2.30. The van der Waals surface area contributed by atoms with Gasteiger partial charge in [-0.05, 0) is 48.4 Å². The van der Waals surface area contributed by atoms with E-state index < -0.39 is 18.5 Å². The highest BCUT2D eigenvalue weighted by molar-refractivity contribution is 6.32. The number of rotatable bonds is 7. The Labute approximate surface area is 166 Å². The molecule has 2 aromatic rings. The zero-order chi connectivity index (χ0) is 20.7. The Morgan fingerprint density at radius 3 is 2.68 bits per heavy atom. The van der Waals surface area contributed by atoms with Crippen LogP contribution < -0.4 is 19.9 Å². The summed E-state index contributed by atoms with van der Waals surface area (Å²) in [5, 5.41) is 22.6. The van der Waals surface area contributed by atoms with Crippen molar-refractivity contribution in [1.82, 2.24) is 0 Å². The van der Waals surface area contributed by atoms with E-state index in [2.05, 4.69) is 5.32 Å². The molecule has 0 unspecified atom stereocenters. The lowest BCUT2D eigenvalue weighted by Crippen LogP contribution is -2.29. The minimum Gasteiger partial charge on any atom is -0.546 e. The van der Waals surface area contributed by atoms with Gasteiger partial charge in [-0.1, -0.05) is 23.7 Å². The summed E-state index contributed by atoms with van der Waals surface area (Å²) in [5.41, 5.74) is 1.78. The van der Waals surface area contributed by atoms with Gasteiger partial charge in [0.25, 0.3) is 5.91 Å². The van der Waals surface area contributed by atoms with E-state index in [9.17, 15) is 20.0 Å². The van der Waals surface area contributed by atoms with Crippen LogP contribution in [-0.4, -0.2) is 25.6 Å². The van der Waals surface area contributed by atoms with Crippen molar-refractivity contribution >= 4 is 35.2 Å². The molecule has 0 atom stereocenters. The number of aliphatic carboxylic acids is 1. The van der Waals surface area contributed by atoms with E-state index in [0.29, 0.717) is 11.3 Å². The molecule has 0 saturated carbocycles. The predicted molar refractivity (Wildman–Crippen MR) is 102 cm³/mol. The van der Waals surface area contributed by atoms with Crippen LogP contribution in [0.15, 0.2) is 42.0 Å². The summed E-state index contributed by atoms with van der Waals surface area (Å²) in [6, 6.07) is 11.9. The normalized spacial score (nSPS) is 10.7. The third-order valence-corrected chi connectivity index (χ3v) is 3.82. The zero-order valence-corrected chi connectivity index (χ0v) is 15.9. The fraction of sp³-hybridized carbons (Fsp3) is 0.150. The van der Waals surface area contributed by atoms with Crippen molar-refractivity contribution < 1.29 is 24.2 Å². The average Bonchev–Trinajstić information content (AvgIpc) is 2.64. The van der Waals surface area contributed by atoms with Crippen LogP contribution in [0.25, 0.3) is 6.08 Å². The molecule has 0 aromatic heterocycles. The molecule has 144 valence electrons. The van der Waals surface area contributed by atoms with Crippen molar-refractivity contribution in [1.29, 1.82) is 5.26 Å². The number of nitrogens with zero attached hydrogens (tertiary/aromatic N) is 1. The van der Waals surface area contributed by atoms with Crippen LogP contribution in [0, 0.1) is 18.3 Å². The van der Waals surface area contributed by atoms with Crippen LogP contribution >= 0.6 is 11.6 Å². The summed E-state index contributed by atoms with van der Waals surface area (Å²) in [6.07, 6.45) is 1.34. The SMILES string of the molecule is COc1cc(/C=C(\C#N)C(=O)Nc2cccc(C)c2)cc(Cl)c1OCC(=O)[O-]. The van der Waals surface area contributed by atoms with Gasteiger partial charge in [0.15, 0.2) is 11.5 Å². The van der Waals surface area contributed by atoms with Gasteiger partial charge in [0, 0.05) is 5.69 Å². The second kappa shape index (κ2) is 9.44. The minimum atomic E-state index is -1.42. The number of carbonyl (C=O) groups is 2. The Bertz CT molecular complexity index is 979. The van der Waals surface area contributed by atoms with E-state index >= 15 is 0 Å². The van der Waals surface area contributed by atoms with Gasteiger partial charge in [-0.25, -0.2) is 0 Å². The van der Waals surface area contributed by atoms with Crippen molar-refractivity contribution in [2.45, 2.75) is 6.92 Å². The number of nitriles is 1. The van der Waals surface area contributed by atoms with Crippen LogP contribution in [-0.2, 0) is 9.59 Å². The van der Waals surface area contributed by atoms with E-state index in [1.54, 1.807) is 18.2 Å². The molecule has 0 radical (unpaired) electrons. The van der Waals surface area contributed by atoms with Gasteiger partial charge in [-0.2, -0.15) is 5.26 Å². The zero-order valence-electron chi connectivity index (χ0n) is 15.1. The molecular weight excluding hydrogens is 384 g/mol. The van der Waals surface area contributed by atoms with E-state index in [-0.39, 0.29) is 22.1 Å². The number of nitrogens with one attached hydrogen (secondary N) is 1. The van der Waals surface area contributed by atoms with Crippen molar-refractivity contribution in [3.63, 3.8) is 0 Å². The molecule has 1 amide bonds. The van der Waals surface area contributed by atoms with Gasteiger partial charge in [0.05, 0.1) is 18.1 Å². The fourth-order valence-electron chi connectivity index (χ4n) is 2.33. The van der Waals surface area contributed by atoms with Crippen molar-refractivity contribution in [2.75, 3.05) is 19.0 Å². The molecule has 0 fully saturated rings. The molecule has 0 bridgehead atoms. The summed E-state index contributed by atoms with van der Waals surface area (Å²) in [6.45, 7) is 1.18. The number of anilines is 1. The molecule has 0 aliphatic rings. The summed E-state index contributed by atoms with van der Waals surface area (Å²) in [7, 11) is 1.35. The molecule has 0 spiro atoms. The van der Waals surface area contributed by atoms with E-state index in [4.69, 9.17) is 21.1 Å². The summed E-state index contributed by atoms with van der Waals surface area (Å²) in [4.78, 5) is 23.0. The molecule has 2 aromatic carbocycles. The first-order chi connectivity index (χ1) is 13.3. The number of halogens is 1. The summed E-state index contributed by atoms with van der Waals surface area (Å²) in [5.74, 6) is -1.83. The number of hydrogen-bond donors (Lipinski definition) is 1. The molecule has 8 heteroatoms. The molecule has 7 nitrogen and oxygen atoms in total. The molecule has 1 N–H and O–H groups in total. The third-order valence-electron chi connectivity index (χ3n) is 3.54. The minimum absolute atomic E-state index is 0.0215. The maximum atomic E-state index is 12.4. The smallest absolute Gasteiger partial charge is 0.266 e. The Hall–Kier alpha value is -3.50. The summed E-state index contributed by atoms with van der Waals surface area (Å²) < 4.78 is 10.2. The number of hydrogen-bond acceptors (Lipinski definition) is 6. The number of ether oxygens (including phenoxy) is 2. The lowest BCUT2D eigenvalue weighted by molar-refractivity contribution is -0.307. The van der Waals surface area contributed by atoms with E-state index in [0.717, 1.165) is 5.56 Å². The van der Waals surface area contributed by atoms with Gasteiger partial charge < -0.3 is 24.7 Å². The second-order valence-electron chi connectivity index (χ2n) is 5.69. The monoisotopic (exact) mass is 399 g/mol. The lowest BCUT2D eigenvalue weighted by Gasteiger charge is -2.13. The maximum absolute atomic E-state index is 12.4.